The van der Waals surface area contributed by atoms with Gasteiger partial charge in [0.15, 0.2) is 0 Å². The number of H-pyrrole nitrogens is 1. The number of hydrogen-bond acceptors (Lipinski definition) is 2. The minimum absolute atomic E-state index is 0.317. The van der Waals surface area contributed by atoms with E-state index in [4.69, 9.17) is 0 Å². The van der Waals surface area contributed by atoms with Gasteiger partial charge in [0.2, 0.25) is 0 Å². The predicted octanol–water partition coefficient (Wildman–Crippen LogP) is 2.56. The van der Waals surface area contributed by atoms with Gasteiger partial charge in [-0.25, -0.2) is 13.8 Å². The van der Waals surface area contributed by atoms with Gasteiger partial charge in [0.1, 0.15) is 23.0 Å². The first-order valence-corrected chi connectivity index (χ1v) is 8.05. The molecule has 26 heavy (non-hydrogen) atoms. The zero-order valence-electron chi connectivity index (χ0n) is 14.1. The molecule has 0 unspecified atom stereocenters. The fraction of sp³-hybridized carbons (Fsp3) is 0.100. The van der Waals surface area contributed by atoms with Crippen molar-refractivity contribution in [2.45, 2.75) is 13.3 Å². The number of allylic oxidation sites excluding steroid dienone is 4. The molecule has 0 saturated heterocycles. The number of halogens is 2. The zero-order valence-corrected chi connectivity index (χ0v) is 14.1. The van der Waals surface area contributed by atoms with E-state index in [1.807, 2.05) is 24.3 Å². The van der Waals surface area contributed by atoms with E-state index in [-0.39, 0.29) is 0 Å². The van der Waals surface area contributed by atoms with E-state index in [2.05, 4.69) is 21.9 Å². The van der Waals surface area contributed by atoms with Crippen molar-refractivity contribution < 1.29 is 13.6 Å². The number of carbonyl (C=O) groups is 1. The second-order valence-electron chi connectivity index (χ2n) is 5.65. The van der Waals surface area contributed by atoms with Gasteiger partial charge >= 0.3 is 0 Å². The molecule has 1 heterocycles. The Bertz CT molecular complexity index is 1040. The minimum Gasteiger partial charge on any atom is -0.338 e. The quantitative estimate of drug-likeness (QED) is 0.830. The van der Waals surface area contributed by atoms with Crippen LogP contribution in [-0.2, 0) is 0 Å². The topological polar surface area (TPSA) is 57.8 Å². The molecule has 0 atom stereocenters. The molecule has 1 aromatic heterocycles. The molecule has 0 fully saturated rings. The molecule has 132 valence electrons. The number of nitrogens with one attached hydrogen (secondary N) is 2. The Morgan fingerprint density at radius 1 is 1.35 bits per heavy atom. The Hall–Kier alpha value is -3.28. The molecule has 1 aromatic carbocycles. The molecular formula is C20H17F2N3O. The van der Waals surface area contributed by atoms with Crippen LogP contribution in [0.2, 0.25) is 0 Å². The summed E-state index contributed by atoms with van der Waals surface area (Å²) in [5.74, 6) is -2.27. The Morgan fingerprint density at radius 3 is 2.77 bits per heavy atom. The van der Waals surface area contributed by atoms with Crippen LogP contribution in [0.1, 0.15) is 29.5 Å². The molecule has 0 spiro atoms. The van der Waals surface area contributed by atoms with E-state index in [1.165, 1.54) is 6.07 Å². The van der Waals surface area contributed by atoms with Gasteiger partial charge in [-0.05, 0) is 31.6 Å². The fourth-order valence-electron chi connectivity index (χ4n) is 2.60. The lowest BCUT2D eigenvalue weighted by Gasteiger charge is -2.11. The smallest absolute Gasteiger partial charge is 0.261 e. The Balaban J connectivity index is 1.88. The first-order chi connectivity index (χ1) is 12.5. The summed E-state index contributed by atoms with van der Waals surface area (Å²) in [6.07, 6.45) is 10.1. The summed E-state index contributed by atoms with van der Waals surface area (Å²) >= 11 is 0. The largest absolute Gasteiger partial charge is 0.338 e. The summed E-state index contributed by atoms with van der Waals surface area (Å²) in [5, 5.41) is 4.12. The van der Waals surface area contributed by atoms with Gasteiger partial charge in [-0.2, -0.15) is 0 Å². The summed E-state index contributed by atoms with van der Waals surface area (Å²) < 4.78 is 27.6. The molecule has 0 saturated carbocycles. The second-order valence-corrected chi connectivity index (χ2v) is 5.65. The molecule has 3 rings (SSSR count). The van der Waals surface area contributed by atoms with Gasteiger partial charge in [-0.1, -0.05) is 36.9 Å². The standard InChI is InChI=1S/C20H17F2N3O/c1-3-15(25-20(26)18-13(21)8-7-9-14(18)22)12(2)19-23-16-10-5-4-6-11-17(16)24-19/h3-5,7-11H,2,6H2,1H3,(H,23,24)(H,25,26)/b15-3+. The fourth-order valence-corrected chi connectivity index (χ4v) is 2.60. The van der Waals surface area contributed by atoms with E-state index in [1.54, 1.807) is 13.0 Å². The van der Waals surface area contributed by atoms with Crippen LogP contribution in [0.15, 0.2) is 48.7 Å². The van der Waals surface area contributed by atoms with E-state index in [0.29, 0.717) is 17.1 Å². The molecular weight excluding hydrogens is 336 g/mol. The van der Waals surface area contributed by atoms with Crippen LogP contribution in [0, 0.1) is 11.6 Å². The summed E-state index contributed by atoms with van der Waals surface area (Å²) in [7, 11) is 0. The van der Waals surface area contributed by atoms with Crippen molar-refractivity contribution >= 4 is 23.6 Å². The van der Waals surface area contributed by atoms with E-state index < -0.39 is 23.1 Å². The molecule has 2 aromatic rings. The zero-order chi connectivity index (χ0) is 18.7. The number of nitrogens with zero attached hydrogens (tertiary/aromatic N) is 1. The maximum Gasteiger partial charge on any atom is 0.261 e. The molecule has 1 aliphatic rings. The van der Waals surface area contributed by atoms with Crippen LogP contribution in [0.25, 0.3) is 17.7 Å². The third-order valence-corrected chi connectivity index (χ3v) is 3.95. The Kier molecular flexibility index (Phi) is 4.93. The number of aromatic nitrogens is 2. The molecule has 0 aliphatic heterocycles. The van der Waals surface area contributed by atoms with Crippen molar-refractivity contribution in [1.29, 1.82) is 0 Å². The van der Waals surface area contributed by atoms with Crippen molar-refractivity contribution in [1.82, 2.24) is 15.3 Å². The SMILES string of the molecule is C=C(/C(=C\C)NC(=O)c1c(F)cccc1F)c1nc2c([nH]1)=CC=CCC=2. The number of rotatable bonds is 4. The monoisotopic (exact) mass is 353 g/mol. The number of fused-ring (bicyclic) bond motifs is 1. The highest BCUT2D eigenvalue weighted by Crippen LogP contribution is 2.17. The Labute approximate surface area is 149 Å². The molecule has 0 bridgehead atoms. The average Bonchev–Trinajstić information content (AvgIpc) is 2.89. The number of imidazole rings is 1. The van der Waals surface area contributed by atoms with Crippen molar-refractivity contribution in [3.63, 3.8) is 0 Å². The normalized spacial score (nSPS) is 13.3. The van der Waals surface area contributed by atoms with Crippen LogP contribution in [-0.4, -0.2) is 15.9 Å². The third-order valence-electron chi connectivity index (χ3n) is 3.95. The first kappa shape index (κ1) is 17.5. The maximum atomic E-state index is 13.8. The van der Waals surface area contributed by atoms with E-state index >= 15 is 0 Å². The predicted molar refractivity (Wildman–Crippen MR) is 97.1 cm³/mol. The summed E-state index contributed by atoms with van der Waals surface area (Å²) in [6, 6.07) is 3.27. The number of carbonyl (C=O) groups excluding carboxylic acids is 1. The summed E-state index contributed by atoms with van der Waals surface area (Å²) in [5.41, 5.74) is 0.0928. The van der Waals surface area contributed by atoms with Crippen LogP contribution < -0.4 is 16.0 Å². The second kappa shape index (κ2) is 7.31. The van der Waals surface area contributed by atoms with Gasteiger partial charge in [-0.3, -0.25) is 4.79 Å². The summed E-state index contributed by atoms with van der Waals surface area (Å²) in [4.78, 5) is 19.9. The average molecular weight is 353 g/mol. The van der Waals surface area contributed by atoms with Gasteiger partial charge in [0.05, 0.1) is 10.7 Å². The highest BCUT2D eigenvalue weighted by molar-refractivity contribution is 5.98. The lowest BCUT2D eigenvalue weighted by Crippen LogP contribution is -2.25. The number of aromatic amines is 1. The van der Waals surface area contributed by atoms with Crippen LogP contribution >= 0.6 is 0 Å². The number of hydrogen-bond donors (Lipinski definition) is 2. The lowest BCUT2D eigenvalue weighted by atomic mass is 10.1. The lowest BCUT2D eigenvalue weighted by molar-refractivity contribution is 0.0959. The molecule has 4 nitrogen and oxygen atoms in total. The molecule has 6 heteroatoms. The maximum absolute atomic E-state index is 13.8. The Morgan fingerprint density at radius 2 is 2.08 bits per heavy atom. The van der Waals surface area contributed by atoms with E-state index in [0.717, 1.165) is 29.3 Å². The molecule has 2 N–H and O–H groups in total. The first-order valence-electron chi connectivity index (χ1n) is 8.05. The van der Waals surface area contributed by atoms with Crippen molar-refractivity contribution in [3.05, 3.63) is 82.4 Å². The van der Waals surface area contributed by atoms with Crippen molar-refractivity contribution in [3.8, 4) is 0 Å². The molecule has 0 radical (unpaired) electrons. The highest BCUT2D eigenvalue weighted by atomic mass is 19.1. The van der Waals surface area contributed by atoms with E-state index in [9.17, 15) is 13.6 Å². The van der Waals surface area contributed by atoms with Crippen LogP contribution in [0.4, 0.5) is 8.78 Å². The third kappa shape index (κ3) is 3.39. The van der Waals surface area contributed by atoms with Crippen molar-refractivity contribution in [2.75, 3.05) is 0 Å². The summed E-state index contributed by atoms with van der Waals surface area (Å²) in [6.45, 7) is 5.63. The number of amides is 1. The van der Waals surface area contributed by atoms with Crippen LogP contribution in [0.5, 0.6) is 0 Å². The van der Waals surface area contributed by atoms with Gasteiger partial charge in [0.25, 0.3) is 5.91 Å². The van der Waals surface area contributed by atoms with Crippen molar-refractivity contribution in [2.24, 2.45) is 0 Å². The molecule has 1 aliphatic carbocycles. The molecule has 1 amide bonds. The minimum atomic E-state index is -0.927. The van der Waals surface area contributed by atoms with Gasteiger partial charge in [-0.15, -0.1) is 0 Å². The van der Waals surface area contributed by atoms with Crippen LogP contribution in [0.3, 0.4) is 0 Å². The van der Waals surface area contributed by atoms with Gasteiger partial charge < -0.3 is 10.3 Å². The number of benzene rings is 1. The highest BCUT2D eigenvalue weighted by Gasteiger charge is 2.19. The van der Waals surface area contributed by atoms with Gasteiger partial charge in [0, 0.05) is 11.3 Å².